The zero-order valence-electron chi connectivity index (χ0n) is 14.4. The second-order valence-corrected chi connectivity index (χ2v) is 7.72. The second-order valence-electron chi connectivity index (χ2n) is 6.85. The number of nitrogens with zero attached hydrogens (tertiary/aromatic N) is 2. The number of rotatable bonds is 2. The first-order valence-electron chi connectivity index (χ1n) is 8.93. The predicted octanol–water partition coefficient (Wildman–Crippen LogP) is 6.49. The number of halogens is 2. The molecule has 0 spiro atoms. The molecule has 0 saturated carbocycles. The Balaban J connectivity index is 1.67. The van der Waals surface area contributed by atoms with Crippen molar-refractivity contribution in [3.8, 4) is 0 Å². The maximum Gasteiger partial charge on any atom is 0.204 e. The van der Waals surface area contributed by atoms with E-state index in [1.165, 1.54) is 11.1 Å². The van der Waals surface area contributed by atoms with Crippen molar-refractivity contribution in [3.05, 3.63) is 94.0 Å². The van der Waals surface area contributed by atoms with Crippen molar-refractivity contribution in [2.75, 3.05) is 5.32 Å². The van der Waals surface area contributed by atoms with Crippen LogP contribution in [0.15, 0.2) is 72.8 Å². The van der Waals surface area contributed by atoms with Crippen LogP contribution in [0, 0.1) is 0 Å². The highest BCUT2D eigenvalue weighted by atomic mass is 35.5. The number of nitrogens with one attached hydrogen (secondary N) is 1. The Kier molecular flexibility index (Phi) is 4.07. The summed E-state index contributed by atoms with van der Waals surface area (Å²) in [6.45, 7) is 0. The number of anilines is 1. The molecule has 0 aliphatic carbocycles. The molecule has 0 saturated heterocycles. The number of para-hydroxylation sites is 2. The number of imidazole rings is 1. The Morgan fingerprint density at radius 2 is 1.67 bits per heavy atom. The molecule has 0 amide bonds. The van der Waals surface area contributed by atoms with Crippen LogP contribution >= 0.6 is 23.2 Å². The molecule has 5 heteroatoms. The number of aromatic nitrogens is 2. The molecule has 0 bridgehead atoms. The molecule has 3 nitrogen and oxygen atoms in total. The lowest BCUT2D eigenvalue weighted by atomic mass is 9.93. The minimum Gasteiger partial charge on any atom is -0.349 e. The highest BCUT2D eigenvalue weighted by molar-refractivity contribution is 6.30. The number of hydrogen-bond donors (Lipinski definition) is 1. The Labute approximate surface area is 167 Å². The van der Waals surface area contributed by atoms with Gasteiger partial charge in [-0.25, -0.2) is 4.98 Å². The Morgan fingerprint density at radius 3 is 2.48 bits per heavy atom. The smallest absolute Gasteiger partial charge is 0.204 e. The molecule has 0 radical (unpaired) electrons. The quantitative estimate of drug-likeness (QED) is 0.421. The van der Waals surface area contributed by atoms with Crippen LogP contribution in [0.25, 0.3) is 11.0 Å². The summed E-state index contributed by atoms with van der Waals surface area (Å²) >= 11 is 12.4. The lowest BCUT2D eigenvalue weighted by molar-refractivity contribution is 0.477. The van der Waals surface area contributed by atoms with Gasteiger partial charge in [0.25, 0.3) is 0 Å². The third kappa shape index (κ3) is 2.97. The molecule has 134 valence electrons. The van der Waals surface area contributed by atoms with Gasteiger partial charge in [-0.15, -0.1) is 0 Å². The van der Waals surface area contributed by atoms with Crippen LogP contribution in [-0.2, 0) is 0 Å². The van der Waals surface area contributed by atoms with E-state index in [2.05, 4.69) is 52.3 Å². The van der Waals surface area contributed by atoms with Crippen molar-refractivity contribution in [2.24, 2.45) is 0 Å². The van der Waals surface area contributed by atoms with Gasteiger partial charge in [0.1, 0.15) is 0 Å². The van der Waals surface area contributed by atoms with Gasteiger partial charge in [-0.05, 0) is 53.9 Å². The molecule has 0 fully saturated rings. The summed E-state index contributed by atoms with van der Waals surface area (Å²) in [6, 6.07) is 24.7. The molecular weight excluding hydrogens is 377 g/mol. The molecule has 1 aromatic heterocycles. The molecule has 4 aromatic rings. The number of fused-ring (bicyclic) bond motifs is 3. The molecular formula is C22H17Cl2N3. The standard InChI is InChI=1S/C22H17Cl2N3/c23-16-10-8-14(9-11-16)19-13-21(15-4-3-5-17(24)12-15)27-20-7-2-1-6-18(20)25-22(27)26-19/h1-12,19,21H,13H2,(H,25,26)/t19-,21-/m1/s1. The van der Waals surface area contributed by atoms with E-state index >= 15 is 0 Å². The fourth-order valence-electron chi connectivity index (χ4n) is 3.92. The zero-order chi connectivity index (χ0) is 18.4. The van der Waals surface area contributed by atoms with Gasteiger partial charge in [0.2, 0.25) is 5.95 Å². The molecule has 2 atom stereocenters. The fraction of sp³-hybridized carbons (Fsp3) is 0.136. The van der Waals surface area contributed by atoms with Gasteiger partial charge in [0, 0.05) is 10.0 Å². The van der Waals surface area contributed by atoms with E-state index in [0.717, 1.165) is 33.4 Å². The van der Waals surface area contributed by atoms with Gasteiger partial charge in [0.15, 0.2) is 0 Å². The van der Waals surface area contributed by atoms with Crippen LogP contribution in [0.2, 0.25) is 10.0 Å². The van der Waals surface area contributed by atoms with Crippen molar-refractivity contribution in [1.82, 2.24) is 9.55 Å². The van der Waals surface area contributed by atoms with Crippen molar-refractivity contribution in [2.45, 2.75) is 18.5 Å². The molecule has 1 aliphatic heterocycles. The van der Waals surface area contributed by atoms with Gasteiger partial charge in [-0.2, -0.15) is 0 Å². The topological polar surface area (TPSA) is 29.9 Å². The van der Waals surface area contributed by atoms with Crippen molar-refractivity contribution in [1.29, 1.82) is 0 Å². The minimum atomic E-state index is 0.146. The largest absolute Gasteiger partial charge is 0.349 e. The van der Waals surface area contributed by atoms with Gasteiger partial charge in [-0.3, -0.25) is 0 Å². The lowest BCUT2D eigenvalue weighted by Crippen LogP contribution is -2.27. The summed E-state index contributed by atoms with van der Waals surface area (Å²) in [5.41, 5.74) is 4.50. The molecule has 27 heavy (non-hydrogen) atoms. The summed E-state index contributed by atoms with van der Waals surface area (Å²) in [6.07, 6.45) is 0.898. The van der Waals surface area contributed by atoms with Crippen LogP contribution in [0.4, 0.5) is 5.95 Å². The predicted molar refractivity (Wildman–Crippen MR) is 112 cm³/mol. The van der Waals surface area contributed by atoms with Crippen LogP contribution in [0.3, 0.4) is 0 Å². The van der Waals surface area contributed by atoms with Gasteiger partial charge in [-0.1, -0.05) is 59.6 Å². The van der Waals surface area contributed by atoms with E-state index in [-0.39, 0.29) is 12.1 Å². The maximum atomic E-state index is 6.30. The SMILES string of the molecule is Clc1ccc([C@H]2C[C@H](c3cccc(Cl)c3)n3c(nc4ccccc43)N2)cc1. The molecule has 3 aromatic carbocycles. The van der Waals surface area contributed by atoms with E-state index in [1.54, 1.807) is 0 Å². The molecule has 0 unspecified atom stereocenters. The summed E-state index contributed by atoms with van der Waals surface area (Å²) < 4.78 is 2.29. The van der Waals surface area contributed by atoms with E-state index in [1.807, 2.05) is 30.3 Å². The molecule has 5 rings (SSSR count). The highest BCUT2D eigenvalue weighted by Gasteiger charge is 2.31. The monoisotopic (exact) mass is 393 g/mol. The van der Waals surface area contributed by atoms with E-state index in [0.29, 0.717) is 0 Å². The molecule has 1 aliphatic rings. The zero-order valence-corrected chi connectivity index (χ0v) is 16.0. The second kappa shape index (κ2) is 6.59. The average molecular weight is 394 g/mol. The van der Waals surface area contributed by atoms with Gasteiger partial charge in [0.05, 0.1) is 23.1 Å². The number of benzene rings is 3. The third-order valence-corrected chi connectivity index (χ3v) is 5.66. The van der Waals surface area contributed by atoms with E-state index in [9.17, 15) is 0 Å². The molecule has 2 heterocycles. The van der Waals surface area contributed by atoms with E-state index in [4.69, 9.17) is 28.2 Å². The third-order valence-electron chi connectivity index (χ3n) is 5.18. The van der Waals surface area contributed by atoms with Gasteiger partial charge >= 0.3 is 0 Å². The Bertz CT molecular complexity index is 1120. The first-order valence-corrected chi connectivity index (χ1v) is 9.69. The first-order chi connectivity index (χ1) is 13.2. The summed E-state index contributed by atoms with van der Waals surface area (Å²) in [5.74, 6) is 0.882. The molecule has 1 N–H and O–H groups in total. The average Bonchev–Trinajstić information content (AvgIpc) is 3.06. The lowest BCUT2D eigenvalue weighted by Gasteiger charge is -2.33. The summed E-state index contributed by atoms with van der Waals surface area (Å²) in [7, 11) is 0. The van der Waals surface area contributed by atoms with E-state index < -0.39 is 0 Å². The van der Waals surface area contributed by atoms with Crippen molar-refractivity contribution in [3.63, 3.8) is 0 Å². The number of hydrogen-bond acceptors (Lipinski definition) is 2. The van der Waals surface area contributed by atoms with Crippen LogP contribution in [-0.4, -0.2) is 9.55 Å². The van der Waals surface area contributed by atoms with Crippen LogP contribution in [0.5, 0.6) is 0 Å². The van der Waals surface area contributed by atoms with Crippen molar-refractivity contribution >= 4 is 40.2 Å². The maximum absolute atomic E-state index is 6.30. The Morgan fingerprint density at radius 1 is 0.852 bits per heavy atom. The normalized spacial score (nSPS) is 18.9. The summed E-state index contributed by atoms with van der Waals surface area (Å²) in [4.78, 5) is 4.84. The minimum absolute atomic E-state index is 0.146. The fourth-order valence-corrected chi connectivity index (χ4v) is 4.24. The van der Waals surface area contributed by atoms with Gasteiger partial charge < -0.3 is 9.88 Å². The Hall–Kier alpha value is -2.49. The summed E-state index contributed by atoms with van der Waals surface area (Å²) in [5, 5.41) is 5.11. The van der Waals surface area contributed by atoms with Crippen LogP contribution < -0.4 is 5.32 Å². The van der Waals surface area contributed by atoms with Crippen molar-refractivity contribution < 1.29 is 0 Å². The highest BCUT2D eigenvalue weighted by Crippen LogP contribution is 2.41. The first kappa shape index (κ1) is 16.7. The van der Waals surface area contributed by atoms with Crippen LogP contribution in [0.1, 0.15) is 29.6 Å².